The molecule has 20 heavy (non-hydrogen) atoms. The summed E-state index contributed by atoms with van der Waals surface area (Å²) in [6, 6.07) is 8.83. The second-order valence-corrected chi connectivity index (χ2v) is 4.37. The van der Waals surface area contributed by atoms with E-state index < -0.39 is 4.92 Å². The Morgan fingerprint density at radius 3 is 2.70 bits per heavy atom. The third kappa shape index (κ3) is 3.36. The van der Waals surface area contributed by atoms with E-state index in [2.05, 4.69) is 10.3 Å². The molecular formula is C13H12ClN3O3. The average molecular weight is 294 g/mol. The third-order valence-electron chi connectivity index (χ3n) is 2.69. The molecule has 2 rings (SSSR count). The second-order valence-electron chi connectivity index (χ2n) is 3.98. The van der Waals surface area contributed by atoms with Crippen molar-refractivity contribution in [3.8, 4) is 5.75 Å². The fraction of sp³-hybridized carbons (Fsp3) is 0.154. The van der Waals surface area contributed by atoms with E-state index in [9.17, 15) is 10.1 Å². The maximum Gasteiger partial charge on any atom is 0.310 e. The van der Waals surface area contributed by atoms with Crippen molar-refractivity contribution < 1.29 is 9.66 Å². The number of pyridine rings is 1. The van der Waals surface area contributed by atoms with Crippen LogP contribution in [0.2, 0.25) is 5.15 Å². The van der Waals surface area contributed by atoms with Gasteiger partial charge in [0.05, 0.1) is 12.0 Å². The predicted octanol–water partition coefficient (Wildman–Crippen LogP) is 3.26. The van der Waals surface area contributed by atoms with Crippen LogP contribution in [-0.2, 0) is 6.54 Å². The van der Waals surface area contributed by atoms with Gasteiger partial charge in [0.2, 0.25) is 0 Å². The van der Waals surface area contributed by atoms with Crippen LogP contribution in [0.1, 0.15) is 5.56 Å². The molecule has 0 spiro atoms. The number of aromatic nitrogens is 1. The summed E-state index contributed by atoms with van der Waals surface area (Å²) < 4.78 is 5.06. The first kappa shape index (κ1) is 14.1. The lowest BCUT2D eigenvalue weighted by Gasteiger charge is -2.08. The summed E-state index contributed by atoms with van der Waals surface area (Å²) in [5, 5.41) is 14.1. The Bertz CT molecular complexity index is 617. The van der Waals surface area contributed by atoms with Crippen molar-refractivity contribution >= 4 is 23.0 Å². The van der Waals surface area contributed by atoms with E-state index in [0.717, 1.165) is 17.5 Å². The molecule has 0 atom stereocenters. The van der Waals surface area contributed by atoms with Gasteiger partial charge in [0.15, 0.2) is 0 Å². The molecule has 2 aromatic rings. The van der Waals surface area contributed by atoms with Crippen LogP contribution in [0.4, 0.5) is 11.4 Å². The van der Waals surface area contributed by atoms with Gasteiger partial charge in [0.1, 0.15) is 22.8 Å². The second kappa shape index (κ2) is 6.21. The zero-order valence-electron chi connectivity index (χ0n) is 10.7. The van der Waals surface area contributed by atoms with Crippen molar-refractivity contribution in [2.75, 3.05) is 12.4 Å². The summed E-state index contributed by atoms with van der Waals surface area (Å²) >= 11 is 5.75. The molecule has 0 aliphatic heterocycles. The molecule has 7 heteroatoms. The van der Waals surface area contributed by atoms with Crippen molar-refractivity contribution in [2.24, 2.45) is 0 Å². The molecule has 0 unspecified atom stereocenters. The number of nitrogens with one attached hydrogen (secondary N) is 1. The van der Waals surface area contributed by atoms with E-state index >= 15 is 0 Å². The number of halogens is 1. The number of hydrogen-bond acceptors (Lipinski definition) is 5. The zero-order chi connectivity index (χ0) is 14.5. The van der Waals surface area contributed by atoms with Crippen molar-refractivity contribution in [1.82, 2.24) is 4.98 Å². The highest BCUT2D eigenvalue weighted by molar-refractivity contribution is 6.29. The molecule has 0 saturated heterocycles. The lowest BCUT2D eigenvalue weighted by molar-refractivity contribution is -0.384. The quantitative estimate of drug-likeness (QED) is 0.520. The van der Waals surface area contributed by atoms with Gasteiger partial charge in [-0.25, -0.2) is 4.98 Å². The Morgan fingerprint density at radius 1 is 1.40 bits per heavy atom. The Hall–Kier alpha value is -2.34. The van der Waals surface area contributed by atoms with Crippen LogP contribution in [0.15, 0.2) is 36.5 Å². The molecule has 1 aromatic heterocycles. The number of ether oxygens (including phenoxy) is 1. The lowest BCUT2D eigenvalue weighted by Crippen LogP contribution is -2.03. The number of nitrogens with zero attached hydrogens (tertiary/aromatic N) is 2. The fourth-order valence-corrected chi connectivity index (χ4v) is 1.81. The largest absolute Gasteiger partial charge is 0.497 e. The molecule has 1 heterocycles. The Labute approximate surface area is 120 Å². The fourth-order valence-electron chi connectivity index (χ4n) is 1.65. The summed E-state index contributed by atoms with van der Waals surface area (Å²) in [6.45, 7) is 0.436. The smallest absolute Gasteiger partial charge is 0.310 e. The summed E-state index contributed by atoms with van der Waals surface area (Å²) in [5.41, 5.74) is 1.20. The molecule has 0 saturated carbocycles. The maximum absolute atomic E-state index is 10.9. The van der Waals surface area contributed by atoms with Crippen LogP contribution in [0.25, 0.3) is 0 Å². The molecule has 0 aliphatic carbocycles. The number of rotatable bonds is 5. The number of hydrogen-bond donors (Lipinski definition) is 1. The molecule has 1 N–H and O–H groups in total. The summed E-state index contributed by atoms with van der Waals surface area (Å²) in [5.74, 6) is 0.756. The summed E-state index contributed by atoms with van der Waals surface area (Å²) in [7, 11) is 1.59. The predicted molar refractivity (Wildman–Crippen MR) is 76.2 cm³/mol. The van der Waals surface area contributed by atoms with E-state index in [1.165, 1.54) is 6.07 Å². The van der Waals surface area contributed by atoms with Gasteiger partial charge in [0.25, 0.3) is 0 Å². The first-order valence-electron chi connectivity index (χ1n) is 5.77. The van der Waals surface area contributed by atoms with Crippen molar-refractivity contribution in [3.05, 3.63) is 57.4 Å². The van der Waals surface area contributed by atoms with E-state index in [0.29, 0.717) is 12.2 Å². The molecular weight excluding hydrogens is 282 g/mol. The minimum atomic E-state index is -0.500. The number of methoxy groups -OCH3 is 1. The van der Waals surface area contributed by atoms with Gasteiger partial charge in [-0.3, -0.25) is 10.1 Å². The molecule has 0 amide bonds. The van der Waals surface area contributed by atoms with Gasteiger partial charge in [0, 0.05) is 12.6 Å². The van der Waals surface area contributed by atoms with Gasteiger partial charge in [-0.2, -0.15) is 0 Å². The molecule has 0 radical (unpaired) electrons. The van der Waals surface area contributed by atoms with Crippen LogP contribution in [0.5, 0.6) is 5.75 Å². The molecule has 1 aromatic carbocycles. The molecule has 0 aliphatic rings. The topological polar surface area (TPSA) is 77.3 Å². The minimum Gasteiger partial charge on any atom is -0.497 e. The van der Waals surface area contributed by atoms with Gasteiger partial charge in [-0.15, -0.1) is 0 Å². The van der Waals surface area contributed by atoms with Gasteiger partial charge in [-0.05, 0) is 17.7 Å². The van der Waals surface area contributed by atoms with E-state index in [1.807, 2.05) is 24.3 Å². The van der Waals surface area contributed by atoms with E-state index in [1.54, 1.807) is 7.11 Å². The molecule has 104 valence electrons. The van der Waals surface area contributed by atoms with Gasteiger partial charge in [-0.1, -0.05) is 23.7 Å². The molecule has 0 fully saturated rings. The maximum atomic E-state index is 10.9. The number of benzene rings is 1. The average Bonchev–Trinajstić information content (AvgIpc) is 2.45. The normalized spacial score (nSPS) is 10.1. The van der Waals surface area contributed by atoms with Crippen LogP contribution >= 0.6 is 11.6 Å². The van der Waals surface area contributed by atoms with Crippen molar-refractivity contribution in [1.29, 1.82) is 0 Å². The standard InChI is InChI=1S/C13H12ClN3O3/c1-20-10-4-2-9(3-5-10)7-15-11-6-13(14)16-8-12(11)17(18)19/h2-6,8H,7H2,1H3,(H,15,16). The highest BCUT2D eigenvalue weighted by atomic mass is 35.5. The van der Waals surface area contributed by atoms with E-state index in [-0.39, 0.29) is 10.8 Å². The monoisotopic (exact) mass is 293 g/mol. The summed E-state index contributed by atoms with van der Waals surface area (Å²) in [4.78, 5) is 14.1. The zero-order valence-corrected chi connectivity index (χ0v) is 11.4. The van der Waals surface area contributed by atoms with Crippen LogP contribution in [0.3, 0.4) is 0 Å². The Kier molecular flexibility index (Phi) is 4.37. The molecule has 0 bridgehead atoms. The van der Waals surface area contributed by atoms with Gasteiger partial charge < -0.3 is 10.1 Å². The van der Waals surface area contributed by atoms with Crippen LogP contribution in [0, 0.1) is 10.1 Å². The minimum absolute atomic E-state index is 0.108. The van der Waals surface area contributed by atoms with Crippen LogP contribution < -0.4 is 10.1 Å². The van der Waals surface area contributed by atoms with Gasteiger partial charge >= 0.3 is 5.69 Å². The Morgan fingerprint density at radius 2 is 2.10 bits per heavy atom. The van der Waals surface area contributed by atoms with Crippen LogP contribution in [-0.4, -0.2) is 17.0 Å². The first-order valence-corrected chi connectivity index (χ1v) is 6.14. The third-order valence-corrected chi connectivity index (χ3v) is 2.89. The number of nitro groups is 1. The highest BCUT2D eigenvalue weighted by Crippen LogP contribution is 2.26. The lowest BCUT2D eigenvalue weighted by atomic mass is 10.2. The first-order chi connectivity index (χ1) is 9.60. The molecule has 6 nitrogen and oxygen atoms in total. The Balaban J connectivity index is 2.13. The summed E-state index contributed by atoms with van der Waals surface area (Å²) in [6.07, 6.45) is 1.14. The number of anilines is 1. The highest BCUT2D eigenvalue weighted by Gasteiger charge is 2.14. The van der Waals surface area contributed by atoms with E-state index in [4.69, 9.17) is 16.3 Å². The van der Waals surface area contributed by atoms with Crippen molar-refractivity contribution in [2.45, 2.75) is 6.54 Å². The SMILES string of the molecule is COc1ccc(CNc2cc(Cl)ncc2[N+](=O)[O-])cc1. The van der Waals surface area contributed by atoms with Crippen molar-refractivity contribution in [3.63, 3.8) is 0 Å².